The summed E-state index contributed by atoms with van der Waals surface area (Å²) in [5.74, 6) is -0.557. The van der Waals surface area contributed by atoms with E-state index in [1.54, 1.807) is 24.3 Å². The van der Waals surface area contributed by atoms with Crippen LogP contribution in [0.5, 0.6) is 0 Å². The smallest absolute Gasteiger partial charge is 0.251 e. The van der Waals surface area contributed by atoms with Gasteiger partial charge in [-0.3, -0.25) is 9.69 Å². The Morgan fingerprint density at radius 2 is 2.00 bits per heavy atom. The van der Waals surface area contributed by atoms with Gasteiger partial charge in [0.15, 0.2) is 0 Å². The monoisotopic (exact) mass is 450 g/mol. The van der Waals surface area contributed by atoms with E-state index in [1.165, 1.54) is 17.1 Å². The topological polar surface area (TPSA) is 85.2 Å². The van der Waals surface area contributed by atoms with Crippen molar-refractivity contribution in [1.29, 1.82) is 0 Å². The number of aryl methyl sites for hydroxylation is 1. The van der Waals surface area contributed by atoms with Gasteiger partial charge in [-0.1, -0.05) is 12.1 Å². The van der Waals surface area contributed by atoms with Crippen LogP contribution in [-0.4, -0.2) is 68.9 Å². The molecule has 1 aromatic heterocycles. The minimum absolute atomic E-state index is 0.0463. The molecule has 2 aromatic carbocycles. The van der Waals surface area contributed by atoms with Crippen LogP contribution in [0, 0.1) is 12.7 Å². The van der Waals surface area contributed by atoms with Crippen molar-refractivity contribution in [3.63, 3.8) is 0 Å². The van der Waals surface area contributed by atoms with Crippen LogP contribution < -0.4 is 5.32 Å². The molecule has 2 fully saturated rings. The second-order valence-electron chi connectivity index (χ2n) is 9.00. The molecule has 8 nitrogen and oxygen atoms in total. The van der Waals surface area contributed by atoms with E-state index in [0.717, 1.165) is 38.2 Å². The third-order valence-electron chi connectivity index (χ3n) is 6.48. The van der Waals surface area contributed by atoms with Gasteiger partial charge in [-0.2, -0.15) is 0 Å². The number of hydrogen-bond acceptors (Lipinski definition) is 6. The molecule has 9 heteroatoms. The molecule has 2 aliphatic rings. The maximum Gasteiger partial charge on any atom is 0.251 e. The van der Waals surface area contributed by atoms with Crippen LogP contribution in [0.1, 0.15) is 35.7 Å². The molecule has 5 rings (SSSR count). The molecule has 3 atom stereocenters. The SMILES string of the molecule is Cc1ccc(-c2cc(C(=O)N[C@H](C)CN3C4CCC3COC4)cc(-n3cnnn3)c2)c(F)c1. The number of nitrogens with zero attached hydrogens (tertiary/aromatic N) is 5. The van der Waals surface area contributed by atoms with Gasteiger partial charge in [-0.15, -0.1) is 5.10 Å². The summed E-state index contributed by atoms with van der Waals surface area (Å²) in [4.78, 5) is 15.7. The van der Waals surface area contributed by atoms with Crippen LogP contribution >= 0.6 is 0 Å². The number of fused-ring (bicyclic) bond motifs is 2. The zero-order valence-corrected chi connectivity index (χ0v) is 18.7. The third kappa shape index (κ3) is 4.51. The van der Waals surface area contributed by atoms with E-state index in [2.05, 4.69) is 25.7 Å². The molecule has 0 spiro atoms. The lowest BCUT2D eigenvalue weighted by Crippen LogP contribution is -2.51. The van der Waals surface area contributed by atoms with Gasteiger partial charge in [0.2, 0.25) is 0 Å². The fourth-order valence-electron chi connectivity index (χ4n) is 4.84. The highest BCUT2D eigenvalue weighted by atomic mass is 19.1. The predicted octanol–water partition coefficient (Wildman–Crippen LogP) is 2.76. The van der Waals surface area contributed by atoms with Crippen molar-refractivity contribution in [1.82, 2.24) is 30.4 Å². The Morgan fingerprint density at radius 1 is 1.21 bits per heavy atom. The van der Waals surface area contributed by atoms with Crippen LogP contribution in [0.3, 0.4) is 0 Å². The molecular weight excluding hydrogens is 423 g/mol. The minimum atomic E-state index is -0.341. The van der Waals surface area contributed by atoms with Crippen molar-refractivity contribution in [2.75, 3.05) is 19.8 Å². The molecule has 2 aliphatic heterocycles. The third-order valence-corrected chi connectivity index (χ3v) is 6.48. The molecule has 3 aromatic rings. The predicted molar refractivity (Wildman–Crippen MR) is 121 cm³/mol. The second-order valence-corrected chi connectivity index (χ2v) is 9.00. The number of tetrazole rings is 1. The van der Waals surface area contributed by atoms with Gasteiger partial charge in [0.1, 0.15) is 12.1 Å². The Bertz CT molecular complexity index is 1140. The van der Waals surface area contributed by atoms with E-state index in [-0.39, 0.29) is 17.8 Å². The van der Waals surface area contributed by atoms with Crippen molar-refractivity contribution in [3.05, 3.63) is 59.7 Å². The van der Waals surface area contributed by atoms with Crippen LogP contribution in [0.25, 0.3) is 16.8 Å². The largest absolute Gasteiger partial charge is 0.378 e. The van der Waals surface area contributed by atoms with Gasteiger partial charge in [0, 0.05) is 35.8 Å². The maximum atomic E-state index is 14.7. The first-order chi connectivity index (χ1) is 16.0. The van der Waals surface area contributed by atoms with Gasteiger partial charge < -0.3 is 10.1 Å². The molecular formula is C24H27FN6O2. The highest BCUT2D eigenvalue weighted by molar-refractivity contribution is 5.96. The summed E-state index contributed by atoms with van der Waals surface area (Å²) >= 11 is 0. The van der Waals surface area contributed by atoms with Gasteiger partial charge in [-0.05, 0) is 72.5 Å². The Labute approximate surface area is 191 Å². The molecule has 3 heterocycles. The highest BCUT2D eigenvalue weighted by Crippen LogP contribution is 2.29. The quantitative estimate of drug-likeness (QED) is 0.622. The first-order valence-corrected chi connectivity index (χ1v) is 11.3. The number of benzene rings is 2. The maximum absolute atomic E-state index is 14.7. The standard InChI is InChI=1S/C24H27FN6O2/c1-15-3-6-22(23(25)7-15)17-8-18(10-21(9-17)31-14-26-28-29-31)24(32)27-16(2)11-30-19-4-5-20(30)13-33-12-19/h3,6-10,14,16,19-20H,4-5,11-13H2,1-2H3,(H,27,32)/t16-,19?,20?/m1/s1. The molecule has 1 amide bonds. The van der Waals surface area contributed by atoms with Crippen molar-refractivity contribution >= 4 is 5.91 Å². The van der Waals surface area contributed by atoms with Crippen LogP contribution in [-0.2, 0) is 4.74 Å². The molecule has 0 aliphatic carbocycles. The number of rotatable bonds is 6. The fraction of sp³-hybridized carbons (Fsp3) is 0.417. The average Bonchev–Trinajstić information content (AvgIpc) is 3.39. The number of carbonyl (C=O) groups excluding carboxylic acids is 1. The molecule has 2 saturated heterocycles. The molecule has 0 saturated carbocycles. The summed E-state index contributed by atoms with van der Waals surface area (Å²) in [5.41, 5.74) is 2.85. The number of amides is 1. The van der Waals surface area contributed by atoms with Crippen molar-refractivity contribution in [2.45, 2.75) is 44.8 Å². The van der Waals surface area contributed by atoms with Crippen molar-refractivity contribution in [3.8, 4) is 16.8 Å². The van der Waals surface area contributed by atoms with Crippen molar-refractivity contribution in [2.24, 2.45) is 0 Å². The summed E-state index contributed by atoms with van der Waals surface area (Å²) < 4.78 is 21.9. The molecule has 0 radical (unpaired) electrons. The minimum Gasteiger partial charge on any atom is -0.378 e. The average molecular weight is 451 g/mol. The van der Waals surface area contributed by atoms with Gasteiger partial charge >= 0.3 is 0 Å². The zero-order valence-electron chi connectivity index (χ0n) is 18.7. The van der Waals surface area contributed by atoms with Gasteiger partial charge in [-0.25, -0.2) is 9.07 Å². The van der Waals surface area contributed by atoms with Crippen LogP contribution in [0.15, 0.2) is 42.7 Å². The molecule has 2 bridgehead atoms. The lowest BCUT2D eigenvalue weighted by Gasteiger charge is -2.36. The van der Waals surface area contributed by atoms with Crippen molar-refractivity contribution < 1.29 is 13.9 Å². The number of nitrogens with one attached hydrogen (secondary N) is 1. The Kier molecular flexibility index (Phi) is 5.90. The lowest BCUT2D eigenvalue weighted by molar-refractivity contribution is -0.0173. The number of carbonyl (C=O) groups is 1. The molecule has 172 valence electrons. The Hall–Kier alpha value is -3.17. The first kappa shape index (κ1) is 21.7. The van der Waals surface area contributed by atoms with Crippen LogP contribution in [0.4, 0.5) is 4.39 Å². The first-order valence-electron chi connectivity index (χ1n) is 11.3. The van der Waals surface area contributed by atoms with E-state index >= 15 is 0 Å². The number of halogens is 1. The van der Waals surface area contributed by atoms with Gasteiger partial charge in [0.05, 0.1) is 18.9 Å². The normalized spacial score (nSPS) is 21.2. The highest BCUT2D eigenvalue weighted by Gasteiger charge is 2.37. The number of ether oxygens (including phenoxy) is 1. The second kappa shape index (κ2) is 8.99. The summed E-state index contributed by atoms with van der Waals surface area (Å²) in [6.07, 6.45) is 3.73. The fourth-order valence-corrected chi connectivity index (χ4v) is 4.84. The summed E-state index contributed by atoms with van der Waals surface area (Å²) in [6, 6.07) is 11.1. The van der Waals surface area contributed by atoms with E-state index in [0.29, 0.717) is 34.5 Å². The summed E-state index contributed by atoms with van der Waals surface area (Å²) in [5, 5.41) is 14.4. The number of morpholine rings is 1. The summed E-state index contributed by atoms with van der Waals surface area (Å²) in [6.45, 7) is 6.15. The van der Waals surface area contributed by atoms with Crippen LogP contribution in [0.2, 0.25) is 0 Å². The van der Waals surface area contributed by atoms with E-state index in [1.807, 2.05) is 19.9 Å². The number of aromatic nitrogens is 4. The van der Waals surface area contributed by atoms with E-state index in [4.69, 9.17) is 4.74 Å². The van der Waals surface area contributed by atoms with E-state index < -0.39 is 0 Å². The molecule has 33 heavy (non-hydrogen) atoms. The zero-order chi connectivity index (χ0) is 22.9. The summed E-state index contributed by atoms with van der Waals surface area (Å²) in [7, 11) is 0. The Balaban J connectivity index is 1.40. The van der Waals surface area contributed by atoms with Gasteiger partial charge in [0.25, 0.3) is 5.91 Å². The molecule has 1 N–H and O–H groups in total. The van der Waals surface area contributed by atoms with E-state index in [9.17, 15) is 9.18 Å². The lowest BCUT2D eigenvalue weighted by atomic mass is 10.00. The number of hydrogen-bond donors (Lipinski definition) is 1. The molecule has 2 unspecified atom stereocenters. The Morgan fingerprint density at radius 3 is 2.70 bits per heavy atom.